The molecule has 0 saturated carbocycles. The van der Waals surface area contributed by atoms with Crippen LogP contribution >= 0.6 is 0 Å². The highest BCUT2D eigenvalue weighted by Crippen LogP contribution is 2.14. The minimum Gasteiger partial charge on any atom is -0.305 e. The number of nitrogens with zero attached hydrogens (tertiary/aromatic N) is 2. The van der Waals surface area contributed by atoms with E-state index in [0.29, 0.717) is 6.04 Å². The Hall–Kier alpha value is -0.0800. The fourth-order valence-electron chi connectivity index (χ4n) is 2.31. The van der Waals surface area contributed by atoms with E-state index in [4.69, 9.17) is 0 Å². The van der Waals surface area contributed by atoms with Crippen molar-refractivity contribution >= 4 is 0 Å². The van der Waals surface area contributed by atoms with Crippen LogP contribution in [0.3, 0.4) is 0 Å². The summed E-state index contributed by atoms with van der Waals surface area (Å²) in [4.78, 5) is 5.13. The van der Waals surface area contributed by atoms with Crippen LogP contribution in [0.15, 0.2) is 0 Å². The topological polar surface area (TPSA) is 6.48 Å². The van der Waals surface area contributed by atoms with Gasteiger partial charge in [-0.3, -0.25) is 4.90 Å². The van der Waals surface area contributed by atoms with Crippen molar-refractivity contribution in [2.75, 3.05) is 26.7 Å². The second-order valence-electron chi connectivity index (χ2n) is 4.51. The van der Waals surface area contributed by atoms with Crippen LogP contribution < -0.4 is 0 Å². The molecule has 1 aliphatic heterocycles. The maximum Gasteiger partial charge on any atom is 0.0223 e. The van der Waals surface area contributed by atoms with Gasteiger partial charge in [0, 0.05) is 18.6 Å². The third-order valence-electron chi connectivity index (χ3n) is 3.08. The average Bonchev–Trinajstić information content (AvgIpc) is 2.26. The van der Waals surface area contributed by atoms with E-state index in [9.17, 15) is 0 Å². The SMILES string of the molecule is CC[C@H]1CN(C)CCCN1C(C)C. The van der Waals surface area contributed by atoms with Gasteiger partial charge in [0.15, 0.2) is 0 Å². The summed E-state index contributed by atoms with van der Waals surface area (Å²) >= 11 is 0. The Labute approximate surface area is 82.9 Å². The van der Waals surface area contributed by atoms with Crippen LogP contribution in [0.25, 0.3) is 0 Å². The molecule has 2 heteroatoms. The van der Waals surface area contributed by atoms with Gasteiger partial charge in [-0.05, 0) is 46.8 Å². The molecule has 13 heavy (non-hydrogen) atoms. The lowest BCUT2D eigenvalue weighted by Gasteiger charge is -2.33. The van der Waals surface area contributed by atoms with E-state index in [-0.39, 0.29) is 0 Å². The zero-order valence-corrected chi connectivity index (χ0v) is 9.58. The molecule has 0 unspecified atom stereocenters. The van der Waals surface area contributed by atoms with E-state index < -0.39 is 0 Å². The molecule has 1 heterocycles. The van der Waals surface area contributed by atoms with Crippen LogP contribution in [0.4, 0.5) is 0 Å². The smallest absolute Gasteiger partial charge is 0.0223 e. The van der Waals surface area contributed by atoms with Crippen LogP contribution in [0.5, 0.6) is 0 Å². The summed E-state index contributed by atoms with van der Waals surface area (Å²) in [5.41, 5.74) is 0. The summed E-state index contributed by atoms with van der Waals surface area (Å²) < 4.78 is 0. The molecule has 1 fully saturated rings. The van der Waals surface area contributed by atoms with Crippen molar-refractivity contribution < 1.29 is 0 Å². The molecular weight excluding hydrogens is 160 g/mol. The molecule has 0 radical (unpaired) electrons. The van der Waals surface area contributed by atoms with Gasteiger partial charge < -0.3 is 4.90 Å². The maximum absolute atomic E-state index is 2.66. The Morgan fingerprint density at radius 1 is 1.31 bits per heavy atom. The number of likely N-dealkylation sites (N-methyl/N-ethyl adjacent to an activating group) is 1. The zero-order valence-electron chi connectivity index (χ0n) is 9.58. The van der Waals surface area contributed by atoms with E-state index in [0.717, 1.165) is 6.04 Å². The Balaban J connectivity index is 2.58. The summed E-state index contributed by atoms with van der Waals surface area (Å²) in [5, 5.41) is 0. The minimum absolute atomic E-state index is 0.705. The van der Waals surface area contributed by atoms with Gasteiger partial charge in [-0.15, -0.1) is 0 Å². The summed E-state index contributed by atoms with van der Waals surface area (Å²) in [5.74, 6) is 0. The number of hydrogen-bond acceptors (Lipinski definition) is 2. The number of hydrogen-bond donors (Lipinski definition) is 0. The first-order chi connectivity index (χ1) is 6.15. The van der Waals surface area contributed by atoms with E-state index in [1.807, 2.05) is 0 Å². The van der Waals surface area contributed by atoms with Gasteiger partial charge in [0.05, 0.1) is 0 Å². The first-order valence-corrected chi connectivity index (χ1v) is 5.59. The van der Waals surface area contributed by atoms with Crippen LogP contribution in [0, 0.1) is 0 Å². The molecule has 1 aliphatic rings. The molecular formula is C11H24N2. The Kier molecular flexibility index (Phi) is 4.20. The second-order valence-corrected chi connectivity index (χ2v) is 4.51. The standard InChI is InChI=1S/C11H24N2/c1-5-11-9-12(4)7-6-8-13(11)10(2)3/h10-11H,5-9H2,1-4H3/t11-/m0/s1. The lowest BCUT2D eigenvalue weighted by Crippen LogP contribution is -2.43. The van der Waals surface area contributed by atoms with Crippen LogP contribution in [-0.2, 0) is 0 Å². The van der Waals surface area contributed by atoms with E-state index in [1.54, 1.807) is 0 Å². The molecule has 0 aromatic rings. The largest absolute Gasteiger partial charge is 0.305 e. The molecule has 0 aromatic heterocycles. The minimum atomic E-state index is 0.705. The van der Waals surface area contributed by atoms with E-state index >= 15 is 0 Å². The van der Waals surface area contributed by atoms with Gasteiger partial charge in [-0.2, -0.15) is 0 Å². The molecule has 2 nitrogen and oxygen atoms in total. The first-order valence-electron chi connectivity index (χ1n) is 5.59. The molecule has 0 spiro atoms. The van der Waals surface area contributed by atoms with Gasteiger partial charge in [-0.1, -0.05) is 6.92 Å². The predicted octanol–water partition coefficient (Wildman–Crippen LogP) is 1.81. The van der Waals surface area contributed by atoms with Crippen molar-refractivity contribution in [3.63, 3.8) is 0 Å². The van der Waals surface area contributed by atoms with E-state index in [2.05, 4.69) is 37.6 Å². The maximum atomic E-state index is 2.66. The Morgan fingerprint density at radius 3 is 2.54 bits per heavy atom. The molecule has 1 saturated heterocycles. The summed E-state index contributed by atoms with van der Waals surface area (Å²) in [7, 11) is 2.24. The summed E-state index contributed by atoms with van der Waals surface area (Å²) in [6.45, 7) is 10.7. The van der Waals surface area contributed by atoms with Crippen molar-refractivity contribution in [2.24, 2.45) is 0 Å². The summed E-state index contributed by atoms with van der Waals surface area (Å²) in [6, 6.07) is 1.48. The van der Waals surface area contributed by atoms with Gasteiger partial charge in [0.25, 0.3) is 0 Å². The lowest BCUT2D eigenvalue weighted by molar-refractivity contribution is 0.146. The van der Waals surface area contributed by atoms with Gasteiger partial charge in [0.1, 0.15) is 0 Å². The third kappa shape index (κ3) is 2.96. The fourth-order valence-corrected chi connectivity index (χ4v) is 2.31. The normalized spacial score (nSPS) is 27.9. The average molecular weight is 184 g/mol. The van der Waals surface area contributed by atoms with Crippen LogP contribution in [0.1, 0.15) is 33.6 Å². The van der Waals surface area contributed by atoms with Gasteiger partial charge in [0.2, 0.25) is 0 Å². The highest BCUT2D eigenvalue weighted by Gasteiger charge is 2.23. The predicted molar refractivity (Wildman–Crippen MR) is 58.0 cm³/mol. The lowest BCUT2D eigenvalue weighted by atomic mass is 10.1. The van der Waals surface area contributed by atoms with Crippen LogP contribution in [0.2, 0.25) is 0 Å². The quantitative estimate of drug-likeness (QED) is 0.646. The molecule has 1 rings (SSSR count). The summed E-state index contributed by atoms with van der Waals surface area (Å²) in [6.07, 6.45) is 2.60. The monoisotopic (exact) mass is 184 g/mol. The highest BCUT2D eigenvalue weighted by molar-refractivity contribution is 4.79. The first kappa shape index (κ1) is 11.0. The van der Waals surface area contributed by atoms with Crippen molar-refractivity contribution in [2.45, 2.75) is 45.7 Å². The van der Waals surface area contributed by atoms with Crippen molar-refractivity contribution in [3.8, 4) is 0 Å². The highest BCUT2D eigenvalue weighted by atomic mass is 15.2. The molecule has 0 aliphatic carbocycles. The molecule has 0 aromatic carbocycles. The van der Waals surface area contributed by atoms with Crippen LogP contribution in [-0.4, -0.2) is 48.6 Å². The molecule has 1 atom stereocenters. The molecule has 0 N–H and O–H groups in total. The Morgan fingerprint density at radius 2 is 2.00 bits per heavy atom. The molecule has 78 valence electrons. The number of rotatable bonds is 2. The van der Waals surface area contributed by atoms with E-state index in [1.165, 1.54) is 32.5 Å². The van der Waals surface area contributed by atoms with Gasteiger partial charge >= 0.3 is 0 Å². The Bertz CT molecular complexity index is 145. The zero-order chi connectivity index (χ0) is 9.84. The van der Waals surface area contributed by atoms with Crippen molar-refractivity contribution in [3.05, 3.63) is 0 Å². The van der Waals surface area contributed by atoms with Gasteiger partial charge in [-0.25, -0.2) is 0 Å². The second kappa shape index (κ2) is 4.97. The molecule has 0 bridgehead atoms. The third-order valence-corrected chi connectivity index (χ3v) is 3.08. The van der Waals surface area contributed by atoms with Crippen molar-refractivity contribution in [1.29, 1.82) is 0 Å². The fraction of sp³-hybridized carbons (Fsp3) is 1.00. The molecule has 0 amide bonds. The van der Waals surface area contributed by atoms with Crippen molar-refractivity contribution in [1.82, 2.24) is 9.80 Å².